The average molecular weight is 348 g/mol. The number of nitrogens with two attached hydrogens (primary N) is 1. The summed E-state index contributed by atoms with van der Waals surface area (Å²) in [7, 11) is 0. The molecule has 1 aromatic heterocycles. The van der Waals surface area contributed by atoms with E-state index in [1.807, 2.05) is 0 Å². The zero-order valence-corrected chi connectivity index (χ0v) is 11.5. The highest BCUT2D eigenvalue weighted by Gasteiger charge is 2.31. The number of ether oxygens (including phenoxy) is 1. The van der Waals surface area contributed by atoms with Crippen LogP contribution in [0, 0.1) is 0 Å². The number of rotatable bonds is 3. The first-order valence-corrected chi connectivity index (χ1v) is 6.17. The number of benzene rings is 1. The van der Waals surface area contributed by atoms with Crippen molar-refractivity contribution in [2.24, 2.45) is 0 Å². The van der Waals surface area contributed by atoms with Crippen LogP contribution < -0.4 is 15.8 Å². The van der Waals surface area contributed by atoms with Crippen LogP contribution >= 0.6 is 15.9 Å². The second kappa shape index (κ2) is 5.58. The lowest BCUT2D eigenvalue weighted by atomic mass is 10.3. The Bertz CT molecular complexity index is 619. The zero-order valence-electron chi connectivity index (χ0n) is 9.91. The normalized spacial score (nSPS) is 11.2. The number of nitrogens with one attached hydrogen (secondary N) is 1. The van der Waals surface area contributed by atoms with Crippen LogP contribution in [0.2, 0.25) is 0 Å². The molecule has 0 bridgehead atoms. The van der Waals surface area contributed by atoms with E-state index in [0.717, 1.165) is 0 Å². The number of alkyl halides is 3. The Balaban J connectivity index is 2.17. The van der Waals surface area contributed by atoms with E-state index in [2.05, 4.69) is 31.0 Å². The molecule has 0 fully saturated rings. The Morgan fingerprint density at radius 2 is 1.85 bits per heavy atom. The third-order valence-electron chi connectivity index (χ3n) is 2.23. The van der Waals surface area contributed by atoms with Gasteiger partial charge in [0, 0.05) is 23.6 Å². The van der Waals surface area contributed by atoms with Crippen molar-refractivity contribution >= 4 is 33.1 Å². The molecule has 0 radical (unpaired) electrons. The molecule has 4 nitrogen and oxygen atoms in total. The SMILES string of the molecule is Nc1cc(Nc2ccc(OC(F)(F)F)c(Br)c2)ccn1. The van der Waals surface area contributed by atoms with Gasteiger partial charge < -0.3 is 15.8 Å². The van der Waals surface area contributed by atoms with Gasteiger partial charge in [0.2, 0.25) is 0 Å². The second-order valence-electron chi connectivity index (χ2n) is 3.79. The van der Waals surface area contributed by atoms with Gasteiger partial charge in [0.05, 0.1) is 4.47 Å². The first-order chi connectivity index (χ1) is 9.33. The van der Waals surface area contributed by atoms with Gasteiger partial charge in [0.15, 0.2) is 0 Å². The van der Waals surface area contributed by atoms with E-state index in [0.29, 0.717) is 17.2 Å². The molecule has 20 heavy (non-hydrogen) atoms. The van der Waals surface area contributed by atoms with Crippen molar-refractivity contribution < 1.29 is 17.9 Å². The number of halogens is 4. The highest BCUT2D eigenvalue weighted by Crippen LogP contribution is 2.33. The summed E-state index contributed by atoms with van der Waals surface area (Å²) in [5.41, 5.74) is 6.79. The van der Waals surface area contributed by atoms with E-state index in [4.69, 9.17) is 5.73 Å². The maximum absolute atomic E-state index is 12.1. The summed E-state index contributed by atoms with van der Waals surface area (Å²) in [5.74, 6) is 0.0309. The number of hydrogen-bond acceptors (Lipinski definition) is 4. The van der Waals surface area contributed by atoms with Gasteiger partial charge in [-0.3, -0.25) is 0 Å². The quantitative estimate of drug-likeness (QED) is 0.878. The number of anilines is 3. The number of nitrogens with zero attached hydrogens (tertiary/aromatic N) is 1. The van der Waals surface area contributed by atoms with E-state index in [1.165, 1.54) is 24.4 Å². The monoisotopic (exact) mass is 347 g/mol. The van der Waals surface area contributed by atoms with Crippen molar-refractivity contribution in [2.75, 3.05) is 11.1 Å². The number of pyridine rings is 1. The summed E-state index contributed by atoms with van der Waals surface area (Å²) < 4.78 is 40.4. The largest absolute Gasteiger partial charge is 0.573 e. The molecular weight excluding hydrogens is 339 g/mol. The average Bonchev–Trinajstić information content (AvgIpc) is 2.31. The third-order valence-corrected chi connectivity index (χ3v) is 2.85. The molecule has 2 rings (SSSR count). The lowest BCUT2D eigenvalue weighted by Gasteiger charge is -2.12. The van der Waals surface area contributed by atoms with Gasteiger partial charge in [-0.05, 0) is 40.2 Å². The standard InChI is InChI=1S/C12H9BrF3N3O/c13-9-5-7(1-2-10(9)20-12(14,15)16)19-8-3-4-18-11(17)6-8/h1-6H,(H3,17,18,19). The first-order valence-electron chi connectivity index (χ1n) is 5.37. The van der Waals surface area contributed by atoms with Crippen LogP contribution in [0.15, 0.2) is 41.0 Å². The van der Waals surface area contributed by atoms with Crippen LogP contribution in [0.4, 0.5) is 30.4 Å². The fourth-order valence-electron chi connectivity index (χ4n) is 1.48. The fraction of sp³-hybridized carbons (Fsp3) is 0.0833. The van der Waals surface area contributed by atoms with Crippen LogP contribution in [0.1, 0.15) is 0 Å². The molecule has 1 heterocycles. The van der Waals surface area contributed by atoms with Crippen LogP contribution in [0.25, 0.3) is 0 Å². The topological polar surface area (TPSA) is 60.2 Å². The number of nitrogen functional groups attached to an aromatic ring is 1. The minimum atomic E-state index is -4.73. The van der Waals surface area contributed by atoms with E-state index in [9.17, 15) is 13.2 Å². The highest BCUT2D eigenvalue weighted by atomic mass is 79.9. The molecule has 1 aromatic carbocycles. The van der Waals surface area contributed by atoms with Gasteiger partial charge in [-0.2, -0.15) is 0 Å². The summed E-state index contributed by atoms with van der Waals surface area (Å²) in [6.07, 6.45) is -3.20. The Labute approximate surface area is 120 Å². The highest BCUT2D eigenvalue weighted by molar-refractivity contribution is 9.10. The molecule has 0 aliphatic heterocycles. The van der Waals surface area contributed by atoms with Crippen LogP contribution in [-0.2, 0) is 0 Å². The minimum absolute atomic E-state index is 0.182. The molecule has 2 aromatic rings. The first kappa shape index (κ1) is 14.4. The van der Waals surface area contributed by atoms with Gasteiger partial charge in [-0.25, -0.2) is 4.98 Å². The molecule has 0 aliphatic carbocycles. The fourth-order valence-corrected chi connectivity index (χ4v) is 1.94. The lowest BCUT2D eigenvalue weighted by Crippen LogP contribution is -2.17. The van der Waals surface area contributed by atoms with Crippen molar-refractivity contribution in [1.82, 2.24) is 4.98 Å². The van der Waals surface area contributed by atoms with Crippen molar-refractivity contribution in [3.05, 3.63) is 41.0 Å². The Hall–Kier alpha value is -1.96. The van der Waals surface area contributed by atoms with Crippen molar-refractivity contribution in [3.8, 4) is 5.75 Å². The molecular formula is C12H9BrF3N3O. The van der Waals surface area contributed by atoms with Crippen molar-refractivity contribution in [2.45, 2.75) is 6.36 Å². The smallest absolute Gasteiger partial charge is 0.405 e. The molecule has 0 spiro atoms. The molecule has 0 atom stereocenters. The molecule has 106 valence electrons. The van der Waals surface area contributed by atoms with Crippen LogP contribution in [-0.4, -0.2) is 11.3 Å². The van der Waals surface area contributed by atoms with E-state index in [1.54, 1.807) is 12.1 Å². The second-order valence-corrected chi connectivity index (χ2v) is 4.64. The minimum Gasteiger partial charge on any atom is -0.405 e. The molecule has 0 amide bonds. The summed E-state index contributed by atoms with van der Waals surface area (Å²) in [6.45, 7) is 0. The maximum Gasteiger partial charge on any atom is 0.573 e. The molecule has 3 N–H and O–H groups in total. The summed E-state index contributed by atoms with van der Waals surface area (Å²) in [4.78, 5) is 3.84. The number of hydrogen-bond donors (Lipinski definition) is 2. The molecule has 0 unspecified atom stereocenters. The van der Waals surface area contributed by atoms with Gasteiger partial charge in [0.1, 0.15) is 11.6 Å². The Morgan fingerprint density at radius 3 is 2.45 bits per heavy atom. The maximum atomic E-state index is 12.1. The predicted octanol–water partition coefficient (Wildman–Crippen LogP) is 4.07. The van der Waals surface area contributed by atoms with Gasteiger partial charge in [-0.1, -0.05) is 0 Å². The van der Waals surface area contributed by atoms with E-state index < -0.39 is 6.36 Å². The molecule has 0 aliphatic rings. The van der Waals surface area contributed by atoms with Crippen molar-refractivity contribution in [3.63, 3.8) is 0 Å². The van der Waals surface area contributed by atoms with E-state index >= 15 is 0 Å². The molecule has 0 saturated carbocycles. The van der Waals surface area contributed by atoms with Gasteiger partial charge in [0.25, 0.3) is 0 Å². The van der Waals surface area contributed by atoms with Crippen LogP contribution in [0.5, 0.6) is 5.75 Å². The molecule has 0 saturated heterocycles. The molecule has 8 heteroatoms. The van der Waals surface area contributed by atoms with Gasteiger partial charge >= 0.3 is 6.36 Å². The van der Waals surface area contributed by atoms with Crippen LogP contribution in [0.3, 0.4) is 0 Å². The Kier molecular flexibility index (Phi) is 4.03. The van der Waals surface area contributed by atoms with E-state index in [-0.39, 0.29) is 10.2 Å². The summed E-state index contributed by atoms with van der Waals surface area (Å²) >= 11 is 3.03. The summed E-state index contributed by atoms with van der Waals surface area (Å²) in [6, 6.07) is 7.43. The Morgan fingerprint density at radius 1 is 1.15 bits per heavy atom. The number of aromatic nitrogens is 1. The lowest BCUT2D eigenvalue weighted by molar-refractivity contribution is -0.274. The van der Waals surface area contributed by atoms with Crippen molar-refractivity contribution in [1.29, 1.82) is 0 Å². The summed E-state index contributed by atoms with van der Waals surface area (Å²) in [5, 5.41) is 2.99. The zero-order chi connectivity index (χ0) is 14.8. The van der Waals surface area contributed by atoms with Gasteiger partial charge in [-0.15, -0.1) is 13.2 Å². The predicted molar refractivity (Wildman–Crippen MR) is 72.8 cm³/mol. The third kappa shape index (κ3) is 4.02.